The minimum absolute atomic E-state index is 0. The molecule has 0 aliphatic rings. The maximum absolute atomic E-state index is 5.71. The van der Waals surface area contributed by atoms with Gasteiger partial charge in [0, 0.05) is 11.4 Å². The normalized spacial score (nSPS) is 9.56. The van der Waals surface area contributed by atoms with E-state index in [0.29, 0.717) is 0 Å². The van der Waals surface area contributed by atoms with Crippen LogP contribution >= 0.6 is 12.4 Å². The first-order valence-electron chi connectivity index (χ1n) is 4.89. The van der Waals surface area contributed by atoms with E-state index in [0.717, 1.165) is 11.4 Å². The predicted molar refractivity (Wildman–Crippen MR) is 72.7 cm³/mol. The Balaban J connectivity index is 0.00000128. The summed E-state index contributed by atoms with van der Waals surface area (Å²) in [6.07, 6.45) is 0. The van der Waals surface area contributed by atoms with Crippen LogP contribution in [-0.2, 0) is 0 Å². The largest absolute Gasteiger partial charge is 0.399 e. The van der Waals surface area contributed by atoms with E-state index >= 15 is 0 Å². The van der Waals surface area contributed by atoms with Gasteiger partial charge < -0.3 is 11.5 Å². The predicted octanol–water partition coefficient (Wildman–Crippen LogP) is 3.25. The molecule has 0 atom stereocenters. The fourth-order valence-electron chi connectivity index (χ4n) is 1.67. The molecule has 0 heterocycles. The van der Waals surface area contributed by atoms with Crippen LogP contribution in [0.4, 0.5) is 11.4 Å². The number of anilines is 2. The second kappa shape index (κ2) is 4.90. The van der Waals surface area contributed by atoms with Crippen LogP contribution < -0.4 is 11.5 Å². The number of benzene rings is 2. The Hall–Kier alpha value is -1.67. The van der Waals surface area contributed by atoms with E-state index < -0.39 is 0 Å². The second-order valence-electron chi connectivity index (χ2n) is 3.70. The number of rotatable bonds is 1. The summed E-state index contributed by atoms with van der Waals surface area (Å²) < 4.78 is 0. The van der Waals surface area contributed by atoms with Gasteiger partial charge in [0.25, 0.3) is 0 Å². The van der Waals surface area contributed by atoms with Crippen molar-refractivity contribution in [2.45, 2.75) is 6.92 Å². The molecule has 0 spiro atoms. The molecule has 2 rings (SSSR count). The third-order valence-corrected chi connectivity index (χ3v) is 2.47. The van der Waals surface area contributed by atoms with E-state index in [2.05, 4.69) is 6.92 Å². The van der Waals surface area contributed by atoms with Gasteiger partial charge >= 0.3 is 0 Å². The van der Waals surface area contributed by atoms with E-state index in [1.807, 2.05) is 42.5 Å². The molecule has 0 aromatic heterocycles. The van der Waals surface area contributed by atoms with Crippen LogP contribution in [0.15, 0.2) is 42.5 Å². The van der Waals surface area contributed by atoms with E-state index in [9.17, 15) is 0 Å². The molecular formula is C13H15ClN2. The first kappa shape index (κ1) is 12.4. The Kier molecular flexibility index (Phi) is 3.80. The van der Waals surface area contributed by atoms with Gasteiger partial charge in [0.2, 0.25) is 0 Å². The second-order valence-corrected chi connectivity index (χ2v) is 3.70. The SMILES string of the molecule is Cc1cc(N)ccc1-c1ccc(N)cc1.Cl. The van der Waals surface area contributed by atoms with Gasteiger partial charge in [-0.15, -0.1) is 12.4 Å². The first-order valence-corrected chi connectivity index (χ1v) is 4.89. The summed E-state index contributed by atoms with van der Waals surface area (Å²) in [6.45, 7) is 2.06. The molecule has 0 aliphatic heterocycles. The van der Waals surface area contributed by atoms with Crippen molar-refractivity contribution in [3.63, 3.8) is 0 Å². The molecule has 16 heavy (non-hydrogen) atoms. The van der Waals surface area contributed by atoms with Crippen LogP contribution in [-0.4, -0.2) is 0 Å². The number of nitrogen functional groups attached to an aromatic ring is 2. The van der Waals surface area contributed by atoms with Gasteiger partial charge in [-0.1, -0.05) is 18.2 Å². The summed E-state index contributed by atoms with van der Waals surface area (Å²) >= 11 is 0. The average molecular weight is 235 g/mol. The Bertz CT molecular complexity index is 478. The molecule has 0 unspecified atom stereocenters. The summed E-state index contributed by atoms with van der Waals surface area (Å²) in [5.41, 5.74) is 16.5. The molecule has 2 aromatic rings. The van der Waals surface area contributed by atoms with Crippen LogP contribution in [0.2, 0.25) is 0 Å². The molecule has 0 bridgehead atoms. The maximum atomic E-state index is 5.71. The number of hydrogen-bond donors (Lipinski definition) is 2. The Labute approximate surface area is 102 Å². The van der Waals surface area contributed by atoms with Gasteiger partial charge in [-0.2, -0.15) is 0 Å². The molecule has 0 saturated heterocycles. The van der Waals surface area contributed by atoms with Gasteiger partial charge in [-0.3, -0.25) is 0 Å². The van der Waals surface area contributed by atoms with Crippen molar-refractivity contribution in [3.8, 4) is 11.1 Å². The lowest BCUT2D eigenvalue weighted by atomic mass is 10.00. The van der Waals surface area contributed by atoms with Crippen molar-refractivity contribution in [3.05, 3.63) is 48.0 Å². The molecular weight excluding hydrogens is 220 g/mol. The van der Waals surface area contributed by atoms with Crippen molar-refractivity contribution >= 4 is 23.8 Å². The topological polar surface area (TPSA) is 52.0 Å². The van der Waals surface area contributed by atoms with Crippen LogP contribution in [0.5, 0.6) is 0 Å². The van der Waals surface area contributed by atoms with Gasteiger partial charge in [0.05, 0.1) is 0 Å². The zero-order chi connectivity index (χ0) is 10.8. The summed E-state index contributed by atoms with van der Waals surface area (Å²) in [7, 11) is 0. The minimum Gasteiger partial charge on any atom is -0.399 e. The third kappa shape index (κ3) is 2.47. The third-order valence-electron chi connectivity index (χ3n) is 2.47. The van der Waals surface area contributed by atoms with Gasteiger partial charge in [0.15, 0.2) is 0 Å². The van der Waals surface area contributed by atoms with Gasteiger partial charge in [0.1, 0.15) is 0 Å². The van der Waals surface area contributed by atoms with E-state index in [4.69, 9.17) is 11.5 Å². The highest BCUT2D eigenvalue weighted by Crippen LogP contribution is 2.25. The van der Waals surface area contributed by atoms with Crippen LogP contribution in [0.1, 0.15) is 5.56 Å². The molecule has 2 nitrogen and oxygen atoms in total. The highest BCUT2D eigenvalue weighted by molar-refractivity contribution is 5.85. The fraction of sp³-hybridized carbons (Fsp3) is 0.0769. The molecule has 0 saturated carbocycles. The molecule has 3 heteroatoms. The lowest BCUT2D eigenvalue weighted by molar-refractivity contribution is 1.46. The molecule has 0 radical (unpaired) electrons. The van der Waals surface area contributed by atoms with Crippen LogP contribution in [0, 0.1) is 6.92 Å². The molecule has 0 aliphatic carbocycles. The minimum atomic E-state index is 0. The zero-order valence-corrected chi connectivity index (χ0v) is 9.92. The van der Waals surface area contributed by atoms with E-state index in [1.54, 1.807) is 0 Å². The summed E-state index contributed by atoms with van der Waals surface area (Å²) in [5, 5.41) is 0. The van der Waals surface area contributed by atoms with Gasteiger partial charge in [-0.25, -0.2) is 0 Å². The van der Waals surface area contributed by atoms with Crippen molar-refractivity contribution in [1.82, 2.24) is 0 Å². The van der Waals surface area contributed by atoms with E-state index in [1.165, 1.54) is 16.7 Å². The Morgan fingerprint density at radius 1 is 0.812 bits per heavy atom. The fourth-order valence-corrected chi connectivity index (χ4v) is 1.67. The molecule has 0 amide bonds. The van der Waals surface area contributed by atoms with Crippen molar-refractivity contribution in [1.29, 1.82) is 0 Å². The van der Waals surface area contributed by atoms with Crippen molar-refractivity contribution in [2.24, 2.45) is 0 Å². The number of halogens is 1. The van der Waals surface area contributed by atoms with E-state index in [-0.39, 0.29) is 12.4 Å². The Morgan fingerprint density at radius 3 is 1.94 bits per heavy atom. The lowest BCUT2D eigenvalue weighted by Crippen LogP contribution is -1.89. The number of hydrogen-bond acceptors (Lipinski definition) is 2. The van der Waals surface area contributed by atoms with Crippen LogP contribution in [0.25, 0.3) is 11.1 Å². The summed E-state index contributed by atoms with van der Waals surface area (Å²) in [6, 6.07) is 13.8. The number of aryl methyl sites for hydroxylation is 1. The maximum Gasteiger partial charge on any atom is 0.0317 e. The summed E-state index contributed by atoms with van der Waals surface area (Å²) in [4.78, 5) is 0. The molecule has 84 valence electrons. The molecule has 2 aromatic carbocycles. The average Bonchev–Trinajstić information content (AvgIpc) is 2.20. The lowest BCUT2D eigenvalue weighted by Gasteiger charge is -2.07. The Morgan fingerprint density at radius 2 is 1.38 bits per heavy atom. The highest BCUT2D eigenvalue weighted by Gasteiger charge is 2.01. The zero-order valence-electron chi connectivity index (χ0n) is 9.10. The number of nitrogens with two attached hydrogens (primary N) is 2. The standard InChI is InChI=1S/C13H14N2.ClH/c1-9-8-12(15)6-7-13(9)10-2-4-11(14)5-3-10;/h2-8H,14-15H2,1H3;1H. The smallest absolute Gasteiger partial charge is 0.0317 e. The monoisotopic (exact) mass is 234 g/mol. The van der Waals surface area contributed by atoms with Gasteiger partial charge in [-0.05, 0) is 47.9 Å². The molecule has 0 fully saturated rings. The molecule has 4 N–H and O–H groups in total. The van der Waals surface area contributed by atoms with Crippen molar-refractivity contribution in [2.75, 3.05) is 11.5 Å². The first-order chi connectivity index (χ1) is 7.16. The highest BCUT2D eigenvalue weighted by atomic mass is 35.5. The quantitative estimate of drug-likeness (QED) is 0.745. The van der Waals surface area contributed by atoms with Crippen LogP contribution in [0.3, 0.4) is 0 Å². The summed E-state index contributed by atoms with van der Waals surface area (Å²) in [5.74, 6) is 0. The van der Waals surface area contributed by atoms with Crippen molar-refractivity contribution < 1.29 is 0 Å².